The van der Waals surface area contributed by atoms with E-state index in [1.54, 1.807) is 4.31 Å². The molecule has 5 nitrogen and oxygen atoms in total. The van der Waals surface area contributed by atoms with Gasteiger partial charge in [-0.25, -0.2) is 13.4 Å². The average molecular weight is 283 g/mol. The Morgan fingerprint density at radius 1 is 1.37 bits per heavy atom. The van der Waals surface area contributed by atoms with Gasteiger partial charge in [0.05, 0.1) is 0 Å². The minimum absolute atomic E-state index is 0.233. The van der Waals surface area contributed by atoms with Crippen molar-refractivity contribution in [1.82, 2.24) is 9.29 Å². The average Bonchev–Trinajstić information content (AvgIpc) is 2.65. The second-order valence-corrected chi connectivity index (χ2v) is 6.97. The first-order valence-corrected chi connectivity index (χ1v) is 8.19. The summed E-state index contributed by atoms with van der Waals surface area (Å²) >= 11 is 0. The Kier molecular flexibility index (Phi) is 4.42. The van der Waals surface area contributed by atoms with Crippen LogP contribution in [0.5, 0.6) is 0 Å². The normalized spacial score (nSPS) is 22.1. The maximum atomic E-state index is 12.5. The monoisotopic (exact) mass is 283 g/mol. The standard InChI is InChI=1S/C13H21N3O2S/c1-2-11-4-3-8-16(9-7-11)19(17,18)12-5-6-13(14)15-10-12/h5-6,10-11H,2-4,7-9H2,1H3,(H2,14,15). The van der Waals surface area contributed by atoms with Crippen molar-refractivity contribution < 1.29 is 8.42 Å². The molecule has 1 fully saturated rings. The number of nitrogen functional groups attached to an aromatic ring is 1. The first-order chi connectivity index (χ1) is 9.04. The van der Waals surface area contributed by atoms with E-state index in [4.69, 9.17) is 5.73 Å². The Labute approximate surface area is 114 Å². The van der Waals surface area contributed by atoms with E-state index in [0.717, 1.165) is 25.7 Å². The summed E-state index contributed by atoms with van der Waals surface area (Å²) in [6.45, 7) is 3.37. The van der Waals surface area contributed by atoms with Crippen LogP contribution in [0, 0.1) is 5.92 Å². The first kappa shape index (κ1) is 14.3. The Bertz CT molecular complexity index is 513. The Morgan fingerprint density at radius 3 is 2.79 bits per heavy atom. The topological polar surface area (TPSA) is 76.3 Å². The Morgan fingerprint density at radius 2 is 2.16 bits per heavy atom. The van der Waals surface area contributed by atoms with Gasteiger partial charge in [-0.1, -0.05) is 13.3 Å². The Balaban J connectivity index is 2.17. The highest BCUT2D eigenvalue weighted by atomic mass is 32.2. The van der Waals surface area contributed by atoms with Crippen molar-refractivity contribution in [3.8, 4) is 0 Å². The van der Waals surface area contributed by atoms with Crippen molar-refractivity contribution in [2.45, 2.75) is 37.5 Å². The molecule has 2 rings (SSSR count). The van der Waals surface area contributed by atoms with Gasteiger partial charge >= 0.3 is 0 Å². The van der Waals surface area contributed by atoms with Gasteiger partial charge in [0.15, 0.2) is 0 Å². The number of hydrogen-bond acceptors (Lipinski definition) is 4. The van der Waals surface area contributed by atoms with Crippen molar-refractivity contribution in [2.75, 3.05) is 18.8 Å². The lowest BCUT2D eigenvalue weighted by molar-refractivity contribution is 0.407. The summed E-state index contributed by atoms with van der Waals surface area (Å²) in [6, 6.07) is 3.05. The van der Waals surface area contributed by atoms with Gasteiger partial charge in [0.2, 0.25) is 10.0 Å². The van der Waals surface area contributed by atoms with Gasteiger partial charge in [0.25, 0.3) is 0 Å². The van der Waals surface area contributed by atoms with Crippen LogP contribution in [-0.2, 0) is 10.0 Å². The lowest BCUT2D eigenvalue weighted by Crippen LogP contribution is -2.32. The summed E-state index contributed by atoms with van der Waals surface area (Å²) in [5.74, 6) is 0.977. The maximum Gasteiger partial charge on any atom is 0.244 e. The number of sulfonamides is 1. The van der Waals surface area contributed by atoms with Crippen molar-refractivity contribution in [3.63, 3.8) is 0 Å². The molecule has 106 valence electrons. The van der Waals surface area contributed by atoms with Gasteiger partial charge in [-0.3, -0.25) is 0 Å². The van der Waals surface area contributed by atoms with Gasteiger partial charge in [-0.2, -0.15) is 4.31 Å². The number of pyridine rings is 1. The predicted molar refractivity (Wildman–Crippen MR) is 75.0 cm³/mol. The largest absolute Gasteiger partial charge is 0.384 e. The fourth-order valence-corrected chi connectivity index (χ4v) is 3.92. The molecular formula is C13H21N3O2S. The molecule has 0 bridgehead atoms. The third-order valence-corrected chi connectivity index (χ3v) is 5.66. The highest BCUT2D eigenvalue weighted by molar-refractivity contribution is 7.89. The fraction of sp³-hybridized carbons (Fsp3) is 0.615. The molecule has 1 aliphatic heterocycles. The summed E-state index contributed by atoms with van der Waals surface area (Å²) in [5, 5.41) is 0. The third-order valence-electron chi connectivity index (χ3n) is 3.78. The number of nitrogens with two attached hydrogens (primary N) is 1. The molecule has 1 aromatic rings. The lowest BCUT2D eigenvalue weighted by Gasteiger charge is -2.20. The second kappa shape index (κ2) is 5.88. The van der Waals surface area contributed by atoms with E-state index in [0.29, 0.717) is 24.8 Å². The van der Waals surface area contributed by atoms with Crippen LogP contribution in [0.4, 0.5) is 5.82 Å². The lowest BCUT2D eigenvalue weighted by atomic mass is 9.98. The Hall–Kier alpha value is -1.14. The number of rotatable bonds is 3. The van der Waals surface area contributed by atoms with Crippen LogP contribution < -0.4 is 5.73 Å². The highest BCUT2D eigenvalue weighted by Gasteiger charge is 2.27. The molecule has 1 aromatic heterocycles. The van der Waals surface area contributed by atoms with Crippen LogP contribution >= 0.6 is 0 Å². The zero-order valence-electron chi connectivity index (χ0n) is 11.2. The molecule has 1 saturated heterocycles. The van der Waals surface area contributed by atoms with Gasteiger partial charge in [0.1, 0.15) is 10.7 Å². The minimum atomic E-state index is -3.42. The number of aromatic nitrogens is 1. The summed E-state index contributed by atoms with van der Waals surface area (Å²) in [6.07, 6.45) is 5.45. The maximum absolute atomic E-state index is 12.5. The van der Waals surface area contributed by atoms with Crippen LogP contribution in [-0.4, -0.2) is 30.8 Å². The van der Waals surface area contributed by atoms with Gasteiger partial charge in [0, 0.05) is 19.3 Å². The summed E-state index contributed by atoms with van der Waals surface area (Å²) in [5.41, 5.74) is 5.49. The van der Waals surface area contributed by atoms with Crippen LogP contribution in [0.25, 0.3) is 0 Å². The van der Waals surface area contributed by atoms with Gasteiger partial charge in [-0.05, 0) is 37.3 Å². The summed E-state index contributed by atoms with van der Waals surface area (Å²) in [4.78, 5) is 4.10. The molecule has 1 aliphatic rings. The van der Waals surface area contributed by atoms with E-state index in [-0.39, 0.29) is 4.90 Å². The van der Waals surface area contributed by atoms with Gasteiger partial charge in [-0.15, -0.1) is 0 Å². The second-order valence-electron chi connectivity index (χ2n) is 5.03. The molecule has 1 atom stereocenters. The number of anilines is 1. The van der Waals surface area contributed by atoms with E-state index in [1.165, 1.54) is 18.3 Å². The fourth-order valence-electron chi connectivity index (χ4n) is 2.48. The van der Waals surface area contributed by atoms with Gasteiger partial charge < -0.3 is 5.73 Å². The third kappa shape index (κ3) is 3.25. The molecule has 1 unspecified atom stereocenters. The molecule has 19 heavy (non-hydrogen) atoms. The van der Waals surface area contributed by atoms with Crippen LogP contribution in [0.1, 0.15) is 32.6 Å². The van der Waals surface area contributed by atoms with E-state index >= 15 is 0 Å². The zero-order chi connectivity index (χ0) is 13.9. The number of nitrogens with zero attached hydrogens (tertiary/aromatic N) is 2. The summed E-state index contributed by atoms with van der Waals surface area (Å²) in [7, 11) is -3.42. The van der Waals surface area contributed by atoms with E-state index in [1.807, 2.05) is 0 Å². The molecule has 0 amide bonds. The molecule has 0 aliphatic carbocycles. The molecule has 0 spiro atoms. The number of hydrogen-bond donors (Lipinski definition) is 1. The highest BCUT2D eigenvalue weighted by Crippen LogP contribution is 2.24. The van der Waals surface area contributed by atoms with Crippen molar-refractivity contribution in [3.05, 3.63) is 18.3 Å². The van der Waals surface area contributed by atoms with Crippen molar-refractivity contribution in [1.29, 1.82) is 0 Å². The van der Waals surface area contributed by atoms with E-state index in [9.17, 15) is 8.42 Å². The molecule has 2 N–H and O–H groups in total. The molecule has 6 heteroatoms. The van der Waals surface area contributed by atoms with E-state index < -0.39 is 10.0 Å². The molecular weight excluding hydrogens is 262 g/mol. The SMILES string of the molecule is CCC1CCCN(S(=O)(=O)c2ccc(N)nc2)CC1. The molecule has 0 radical (unpaired) electrons. The van der Waals surface area contributed by atoms with Crippen LogP contribution in [0.15, 0.2) is 23.2 Å². The summed E-state index contributed by atoms with van der Waals surface area (Å²) < 4.78 is 26.6. The smallest absolute Gasteiger partial charge is 0.244 e. The van der Waals surface area contributed by atoms with Crippen molar-refractivity contribution in [2.24, 2.45) is 5.92 Å². The molecule has 2 heterocycles. The van der Waals surface area contributed by atoms with Crippen molar-refractivity contribution >= 4 is 15.8 Å². The van der Waals surface area contributed by atoms with E-state index in [2.05, 4.69) is 11.9 Å². The zero-order valence-corrected chi connectivity index (χ0v) is 12.1. The molecule has 0 saturated carbocycles. The predicted octanol–water partition coefficient (Wildman–Crippen LogP) is 1.86. The quantitative estimate of drug-likeness (QED) is 0.918. The van der Waals surface area contributed by atoms with Crippen LogP contribution in [0.3, 0.4) is 0 Å². The minimum Gasteiger partial charge on any atom is -0.384 e. The molecule has 0 aromatic carbocycles. The first-order valence-electron chi connectivity index (χ1n) is 6.75. The van der Waals surface area contributed by atoms with Crippen LogP contribution in [0.2, 0.25) is 0 Å².